The summed E-state index contributed by atoms with van der Waals surface area (Å²) < 4.78 is 5.55. The number of hydrogen-bond donors (Lipinski definition) is 1. The van der Waals surface area contributed by atoms with Gasteiger partial charge in [0.1, 0.15) is 5.52 Å². The fourth-order valence-corrected chi connectivity index (χ4v) is 1.72. The zero-order valence-corrected chi connectivity index (χ0v) is 10.8. The zero-order chi connectivity index (χ0) is 11.4. The van der Waals surface area contributed by atoms with E-state index in [1.54, 1.807) is 0 Å². The van der Waals surface area contributed by atoms with Gasteiger partial charge in [-0.3, -0.25) is 0 Å². The largest absolute Gasteiger partial charge is 0.424 e. The molecule has 2 rings (SSSR count). The van der Waals surface area contributed by atoms with Gasteiger partial charge in [-0.25, -0.2) is 0 Å². The van der Waals surface area contributed by atoms with Crippen LogP contribution in [-0.4, -0.2) is 16.4 Å². The van der Waals surface area contributed by atoms with Gasteiger partial charge in [0.05, 0.1) is 0 Å². The van der Waals surface area contributed by atoms with Crippen molar-refractivity contribution in [3.63, 3.8) is 0 Å². The number of fused-ring (bicyclic) bond motifs is 1. The lowest BCUT2D eigenvalue weighted by Gasteiger charge is -2.05. The van der Waals surface area contributed by atoms with E-state index < -0.39 is 0 Å². The summed E-state index contributed by atoms with van der Waals surface area (Å²) in [6.07, 6.45) is 2.20. The summed E-state index contributed by atoms with van der Waals surface area (Å²) in [5, 5.41) is 3.19. The SMILES string of the molecule is CCC(Br)CCNc1nc2ccccc2o1. The van der Waals surface area contributed by atoms with Crippen molar-refractivity contribution in [2.75, 3.05) is 11.9 Å². The van der Waals surface area contributed by atoms with Gasteiger partial charge in [0.25, 0.3) is 6.01 Å². The van der Waals surface area contributed by atoms with Crippen LogP contribution in [0.5, 0.6) is 0 Å². The lowest BCUT2D eigenvalue weighted by Crippen LogP contribution is -2.07. The van der Waals surface area contributed by atoms with Gasteiger partial charge >= 0.3 is 0 Å². The number of oxazole rings is 1. The van der Waals surface area contributed by atoms with Crippen molar-refractivity contribution in [3.8, 4) is 0 Å². The maximum absolute atomic E-state index is 5.55. The molecule has 0 saturated carbocycles. The first-order valence-electron chi connectivity index (χ1n) is 5.53. The number of hydrogen-bond acceptors (Lipinski definition) is 3. The number of rotatable bonds is 5. The lowest BCUT2D eigenvalue weighted by molar-refractivity contribution is 0.610. The zero-order valence-electron chi connectivity index (χ0n) is 9.24. The van der Waals surface area contributed by atoms with Gasteiger partial charge in [-0.2, -0.15) is 4.98 Å². The highest BCUT2D eigenvalue weighted by atomic mass is 79.9. The minimum Gasteiger partial charge on any atom is -0.424 e. The summed E-state index contributed by atoms with van der Waals surface area (Å²) in [5.41, 5.74) is 1.73. The second kappa shape index (κ2) is 5.34. The minimum atomic E-state index is 0.560. The van der Waals surface area contributed by atoms with Crippen LogP contribution in [0.2, 0.25) is 0 Å². The van der Waals surface area contributed by atoms with Crippen LogP contribution in [0.4, 0.5) is 6.01 Å². The van der Waals surface area contributed by atoms with Gasteiger partial charge < -0.3 is 9.73 Å². The predicted molar refractivity (Wildman–Crippen MR) is 70.1 cm³/mol. The van der Waals surface area contributed by atoms with Crippen LogP contribution >= 0.6 is 15.9 Å². The summed E-state index contributed by atoms with van der Waals surface area (Å²) in [5.74, 6) is 0. The Balaban J connectivity index is 1.94. The smallest absolute Gasteiger partial charge is 0.295 e. The molecule has 1 atom stereocenters. The molecule has 0 aliphatic heterocycles. The highest BCUT2D eigenvalue weighted by Gasteiger charge is 2.05. The quantitative estimate of drug-likeness (QED) is 0.848. The number of nitrogens with one attached hydrogen (secondary N) is 1. The van der Waals surface area contributed by atoms with Crippen molar-refractivity contribution in [1.82, 2.24) is 4.98 Å². The number of alkyl halides is 1. The summed E-state index contributed by atoms with van der Waals surface area (Å²) in [7, 11) is 0. The molecule has 0 saturated heterocycles. The monoisotopic (exact) mass is 282 g/mol. The van der Waals surface area contributed by atoms with Crippen LogP contribution in [0.25, 0.3) is 11.1 Å². The van der Waals surface area contributed by atoms with Gasteiger partial charge in [0, 0.05) is 11.4 Å². The van der Waals surface area contributed by atoms with E-state index in [9.17, 15) is 0 Å². The summed E-state index contributed by atoms with van der Waals surface area (Å²) in [6.45, 7) is 3.04. The molecular weight excluding hydrogens is 268 g/mol. The second-order valence-corrected chi connectivity index (χ2v) is 5.00. The standard InChI is InChI=1S/C12H15BrN2O/c1-2-9(13)7-8-14-12-15-10-5-3-4-6-11(10)16-12/h3-6,9H,2,7-8H2,1H3,(H,14,15). The van der Waals surface area contributed by atoms with Gasteiger partial charge in [-0.05, 0) is 25.0 Å². The van der Waals surface area contributed by atoms with Crippen molar-refractivity contribution in [2.45, 2.75) is 24.6 Å². The predicted octanol–water partition coefficient (Wildman–Crippen LogP) is 3.80. The Hall–Kier alpha value is -1.03. The molecule has 1 aromatic carbocycles. The van der Waals surface area contributed by atoms with E-state index in [2.05, 4.69) is 33.2 Å². The van der Waals surface area contributed by atoms with Crippen LogP contribution in [0.3, 0.4) is 0 Å². The molecule has 16 heavy (non-hydrogen) atoms. The molecule has 0 spiro atoms. The Bertz CT molecular complexity index is 422. The van der Waals surface area contributed by atoms with Crippen molar-refractivity contribution in [1.29, 1.82) is 0 Å². The molecule has 1 N–H and O–H groups in total. The fraction of sp³-hybridized carbons (Fsp3) is 0.417. The highest BCUT2D eigenvalue weighted by molar-refractivity contribution is 9.09. The molecule has 0 aliphatic rings. The first kappa shape index (κ1) is 11.5. The third-order valence-electron chi connectivity index (χ3n) is 2.47. The molecule has 0 amide bonds. The second-order valence-electron chi connectivity index (χ2n) is 3.71. The van der Waals surface area contributed by atoms with E-state index in [1.165, 1.54) is 0 Å². The maximum atomic E-state index is 5.55. The van der Waals surface area contributed by atoms with Gasteiger partial charge in [-0.15, -0.1) is 0 Å². The number of benzene rings is 1. The number of nitrogens with zero attached hydrogens (tertiary/aromatic N) is 1. The first-order chi connectivity index (χ1) is 7.79. The molecule has 0 radical (unpaired) electrons. The van der Waals surface area contributed by atoms with Crippen molar-refractivity contribution >= 4 is 33.0 Å². The molecule has 1 unspecified atom stereocenters. The molecule has 3 nitrogen and oxygen atoms in total. The Morgan fingerprint density at radius 2 is 2.25 bits per heavy atom. The molecule has 0 bridgehead atoms. The summed E-state index contributed by atoms with van der Waals surface area (Å²) in [6, 6.07) is 8.39. The third-order valence-corrected chi connectivity index (χ3v) is 3.58. The van der Waals surface area contributed by atoms with Crippen molar-refractivity contribution in [3.05, 3.63) is 24.3 Å². The first-order valence-corrected chi connectivity index (χ1v) is 6.44. The molecule has 1 heterocycles. The maximum Gasteiger partial charge on any atom is 0.295 e. The topological polar surface area (TPSA) is 38.1 Å². The van der Waals surface area contributed by atoms with E-state index in [0.29, 0.717) is 10.8 Å². The van der Waals surface area contributed by atoms with Crippen LogP contribution in [0, 0.1) is 0 Å². The minimum absolute atomic E-state index is 0.560. The van der Waals surface area contributed by atoms with E-state index >= 15 is 0 Å². The van der Waals surface area contributed by atoms with E-state index in [1.807, 2.05) is 24.3 Å². The van der Waals surface area contributed by atoms with Crippen molar-refractivity contribution in [2.24, 2.45) is 0 Å². The van der Waals surface area contributed by atoms with Crippen LogP contribution in [0.15, 0.2) is 28.7 Å². The number of halogens is 1. The van der Waals surface area contributed by atoms with Crippen LogP contribution < -0.4 is 5.32 Å². The van der Waals surface area contributed by atoms with Crippen LogP contribution in [0.1, 0.15) is 19.8 Å². The Morgan fingerprint density at radius 3 is 3.00 bits per heavy atom. The lowest BCUT2D eigenvalue weighted by atomic mass is 10.2. The van der Waals surface area contributed by atoms with E-state index in [0.717, 1.165) is 30.5 Å². The van der Waals surface area contributed by atoms with Crippen molar-refractivity contribution < 1.29 is 4.42 Å². The molecule has 0 aliphatic carbocycles. The fourth-order valence-electron chi connectivity index (χ4n) is 1.49. The molecule has 86 valence electrons. The number of aromatic nitrogens is 1. The normalized spacial score (nSPS) is 12.9. The Kier molecular flexibility index (Phi) is 3.83. The summed E-state index contributed by atoms with van der Waals surface area (Å²) in [4.78, 5) is 4.90. The molecule has 1 aromatic heterocycles. The number of anilines is 1. The molecule has 2 aromatic rings. The van der Waals surface area contributed by atoms with E-state index in [-0.39, 0.29) is 0 Å². The average Bonchev–Trinajstić information content (AvgIpc) is 2.71. The molecule has 4 heteroatoms. The molecular formula is C12H15BrN2O. The highest BCUT2D eigenvalue weighted by Crippen LogP contribution is 2.18. The van der Waals surface area contributed by atoms with Gasteiger partial charge in [-0.1, -0.05) is 35.0 Å². The number of para-hydroxylation sites is 2. The Morgan fingerprint density at radius 1 is 1.44 bits per heavy atom. The van der Waals surface area contributed by atoms with E-state index in [4.69, 9.17) is 4.42 Å². The van der Waals surface area contributed by atoms with Gasteiger partial charge in [0.2, 0.25) is 0 Å². The molecule has 0 fully saturated rings. The van der Waals surface area contributed by atoms with Crippen LogP contribution in [-0.2, 0) is 0 Å². The average molecular weight is 283 g/mol. The van der Waals surface area contributed by atoms with Gasteiger partial charge in [0.15, 0.2) is 5.58 Å². The summed E-state index contributed by atoms with van der Waals surface area (Å²) >= 11 is 3.59. The Labute approximate surface area is 103 Å². The third kappa shape index (κ3) is 2.76.